The second-order valence-corrected chi connectivity index (χ2v) is 8.60. The number of aryl methyl sites for hydroxylation is 1. The Morgan fingerprint density at radius 2 is 1.90 bits per heavy atom. The Hall–Kier alpha value is -2.51. The van der Waals surface area contributed by atoms with E-state index in [9.17, 15) is 4.79 Å². The summed E-state index contributed by atoms with van der Waals surface area (Å²) in [4.78, 5) is 21.8. The number of para-hydroxylation sites is 2. The summed E-state index contributed by atoms with van der Waals surface area (Å²) in [5.41, 5.74) is 2.08. The maximum Gasteiger partial charge on any atom is 0.267 e. The molecule has 8 heteroatoms. The molecule has 150 valence electrons. The molecule has 1 fully saturated rings. The number of hydrogen-bond donors (Lipinski definition) is 0. The molecular formula is C21H20ClN3O3S. The summed E-state index contributed by atoms with van der Waals surface area (Å²) in [6, 6.07) is 11.4. The zero-order valence-electron chi connectivity index (χ0n) is 15.9. The van der Waals surface area contributed by atoms with E-state index < -0.39 is 6.10 Å². The monoisotopic (exact) mass is 429 g/mol. The Balaban J connectivity index is 1.26. The molecule has 0 aliphatic carbocycles. The van der Waals surface area contributed by atoms with Crippen LogP contribution in [0.4, 0.5) is 5.13 Å². The number of fused-ring (bicyclic) bond motifs is 2. The second kappa shape index (κ2) is 7.39. The quantitative estimate of drug-likeness (QED) is 0.621. The van der Waals surface area contributed by atoms with Gasteiger partial charge in [0.25, 0.3) is 5.91 Å². The first-order chi connectivity index (χ1) is 14.1. The molecule has 0 saturated carbocycles. The average molecular weight is 430 g/mol. The number of rotatable bonds is 2. The molecule has 5 rings (SSSR count). The number of halogens is 1. The molecule has 1 unspecified atom stereocenters. The highest BCUT2D eigenvalue weighted by atomic mass is 35.5. The summed E-state index contributed by atoms with van der Waals surface area (Å²) >= 11 is 7.95. The number of carbonyl (C=O) groups is 1. The van der Waals surface area contributed by atoms with E-state index in [1.165, 1.54) is 0 Å². The van der Waals surface area contributed by atoms with Gasteiger partial charge in [-0.05, 0) is 30.7 Å². The van der Waals surface area contributed by atoms with Crippen molar-refractivity contribution >= 4 is 44.2 Å². The lowest BCUT2D eigenvalue weighted by Crippen LogP contribution is -2.54. The van der Waals surface area contributed by atoms with Gasteiger partial charge in [-0.3, -0.25) is 4.79 Å². The van der Waals surface area contributed by atoms with Crippen molar-refractivity contribution in [1.82, 2.24) is 9.88 Å². The van der Waals surface area contributed by atoms with Crippen LogP contribution in [0, 0.1) is 6.92 Å². The van der Waals surface area contributed by atoms with E-state index in [-0.39, 0.29) is 12.5 Å². The van der Waals surface area contributed by atoms with E-state index in [0.717, 1.165) is 39.0 Å². The minimum Gasteiger partial charge on any atom is -0.485 e. The number of aromatic nitrogens is 1. The van der Waals surface area contributed by atoms with Gasteiger partial charge < -0.3 is 19.3 Å². The minimum atomic E-state index is -0.597. The van der Waals surface area contributed by atoms with Crippen LogP contribution in [0.1, 0.15) is 5.56 Å². The first-order valence-electron chi connectivity index (χ1n) is 9.58. The van der Waals surface area contributed by atoms with Crippen LogP contribution in [0.15, 0.2) is 36.4 Å². The van der Waals surface area contributed by atoms with Crippen LogP contribution in [-0.4, -0.2) is 54.7 Å². The van der Waals surface area contributed by atoms with Crippen LogP contribution in [0.25, 0.3) is 10.2 Å². The fraction of sp³-hybridized carbons (Fsp3) is 0.333. The van der Waals surface area contributed by atoms with Crippen molar-refractivity contribution in [1.29, 1.82) is 0 Å². The van der Waals surface area contributed by atoms with E-state index in [2.05, 4.69) is 4.90 Å². The van der Waals surface area contributed by atoms with Crippen molar-refractivity contribution in [3.8, 4) is 11.5 Å². The lowest BCUT2D eigenvalue weighted by atomic mass is 10.2. The topological polar surface area (TPSA) is 54.9 Å². The number of hydrogen-bond acceptors (Lipinski definition) is 6. The normalized spacial score (nSPS) is 18.9. The number of amides is 1. The number of nitrogens with zero attached hydrogens (tertiary/aromatic N) is 3. The summed E-state index contributed by atoms with van der Waals surface area (Å²) in [6.07, 6.45) is -0.597. The highest BCUT2D eigenvalue weighted by Crippen LogP contribution is 2.36. The predicted octanol–water partition coefficient (Wildman–Crippen LogP) is 3.75. The lowest BCUT2D eigenvalue weighted by molar-refractivity contribution is -0.141. The van der Waals surface area contributed by atoms with Crippen LogP contribution in [-0.2, 0) is 4.79 Å². The molecule has 1 atom stereocenters. The van der Waals surface area contributed by atoms with Gasteiger partial charge in [0.2, 0.25) is 6.10 Å². The number of ether oxygens (including phenoxy) is 2. The zero-order chi connectivity index (χ0) is 20.0. The molecule has 6 nitrogen and oxygen atoms in total. The van der Waals surface area contributed by atoms with Crippen LogP contribution in [0.2, 0.25) is 5.02 Å². The van der Waals surface area contributed by atoms with Gasteiger partial charge >= 0.3 is 0 Å². The first-order valence-corrected chi connectivity index (χ1v) is 10.8. The molecule has 0 N–H and O–H groups in total. The van der Waals surface area contributed by atoms with Crippen LogP contribution in [0.3, 0.4) is 0 Å². The van der Waals surface area contributed by atoms with Gasteiger partial charge in [-0.1, -0.05) is 41.1 Å². The van der Waals surface area contributed by atoms with Crippen molar-refractivity contribution in [2.24, 2.45) is 0 Å². The largest absolute Gasteiger partial charge is 0.485 e. The smallest absolute Gasteiger partial charge is 0.267 e. The molecule has 3 heterocycles. The third-order valence-electron chi connectivity index (χ3n) is 5.33. The number of piperazine rings is 1. The molecule has 2 aliphatic heterocycles. The Labute approximate surface area is 177 Å². The number of thiazole rings is 1. The van der Waals surface area contributed by atoms with Crippen LogP contribution >= 0.6 is 22.9 Å². The molecule has 2 aromatic carbocycles. The molecule has 3 aromatic rings. The minimum absolute atomic E-state index is 0.0256. The van der Waals surface area contributed by atoms with Crippen molar-refractivity contribution in [3.05, 3.63) is 47.0 Å². The first kappa shape index (κ1) is 18.5. The van der Waals surface area contributed by atoms with Gasteiger partial charge in [0.05, 0.1) is 15.2 Å². The van der Waals surface area contributed by atoms with Crippen molar-refractivity contribution < 1.29 is 14.3 Å². The molecule has 1 amide bonds. The highest BCUT2D eigenvalue weighted by molar-refractivity contribution is 7.22. The Morgan fingerprint density at radius 3 is 2.66 bits per heavy atom. The fourth-order valence-corrected chi connectivity index (χ4v) is 5.06. The van der Waals surface area contributed by atoms with E-state index in [1.807, 2.05) is 48.2 Å². The van der Waals surface area contributed by atoms with Crippen molar-refractivity contribution in [2.45, 2.75) is 13.0 Å². The lowest BCUT2D eigenvalue weighted by Gasteiger charge is -2.37. The SMILES string of the molecule is Cc1ccc(Cl)c2sc(N3CCN(C(=O)C4COc5ccccc5O4)CC3)nc12. The third kappa shape index (κ3) is 3.38. The molecule has 0 bridgehead atoms. The van der Waals surface area contributed by atoms with E-state index in [1.54, 1.807) is 11.3 Å². The number of anilines is 1. The summed E-state index contributed by atoms with van der Waals surface area (Å²) in [6.45, 7) is 5.00. The summed E-state index contributed by atoms with van der Waals surface area (Å²) in [5.74, 6) is 1.28. The highest BCUT2D eigenvalue weighted by Gasteiger charge is 2.33. The average Bonchev–Trinajstić information content (AvgIpc) is 3.23. The summed E-state index contributed by atoms with van der Waals surface area (Å²) in [7, 11) is 0. The molecule has 0 spiro atoms. The Morgan fingerprint density at radius 1 is 1.14 bits per heavy atom. The standard InChI is InChI=1S/C21H20ClN3O3S/c1-13-6-7-14(22)19-18(13)23-21(29-19)25-10-8-24(9-11-25)20(26)17-12-27-15-4-2-3-5-16(15)28-17/h2-7,17H,8-12H2,1H3. The maximum absolute atomic E-state index is 12.9. The number of carbonyl (C=O) groups excluding carboxylic acids is 1. The van der Waals surface area contributed by atoms with Crippen LogP contribution < -0.4 is 14.4 Å². The van der Waals surface area contributed by atoms with Crippen molar-refractivity contribution in [2.75, 3.05) is 37.7 Å². The van der Waals surface area contributed by atoms with Gasteiger partial charge in [0, 0.05) is 26.2 Å². The Kier molecular flexibility index (Phi) is 4.72. The second-order valence-electron chi connectivity index (χ2n) is 7.22. The van der Waals surface area contributed by atoms with E-state index in [0.29, 0.717) is 24.6 Å². The predicted molar refractivity (Wildman–Crippen MR) is 115 cm³/mol. The molecular weight excluding hydrogens is 410 g/mol. The third-order valence-corrected chi connectivity index (χ3v) is 6.91. The fourth-order valence-electron chi connectivity index (χ4n) is 3.69. The molecule has 1 aromatic heterocycles. The maximum atomic E-state index is 12.9. The van der Waals surface area contributed by atoms with Gasteiger partial charge in [0.1, 0.15) is 6.61 Å². The van der Waals surface area contributed by atoms with Crippen molar-refractivity contribution in [3.63, 3.8) is 0 Å². The van der Waals surface area contributed by atoms with E-state index >= 15 is 0 Å². The van der Waals surface area contributed by atoms with Crippen LogP contribution in [0.5, 0.6) is 11.5 Å². The molecule has 0 radical (unpaired) electrons. The zero-order valence-corrected chi connectivity index (χ0v) is 17.5. The summed E-state index contributed by atoms with van der Waals surface area (Å²) in [5, 5.41) is 1.69. The van der Waals surface area contributed by atoms with Gasteiger partial charge in [-0.2, -0.15) is 0 Å². The summed E-state index contributed by atoms with van der Waals surface area (Å²) < 4.78 is 12.6. The molecule has 2 aliphatic rings. The van der Waals surface area contributed by atoms with E-state index in [4.69, 9.17) is 26.1 Å². The Bertz CT molecular complexity index is 1040. The van der Waals surface area contributed by atoms with Gasteiger partial charge in [-0.15, -0.1) is 0 Å². The molecule has 29 heavy (non-hydrogen) atoms. The van der Waals surface area contributed by atoms with Gasteiger partial charge in [-0.25, -0.2) is 4.98 Å². The molecule has 1 saturated heterocycles. The number of benzene rings is 2. The van der Waals surface area contributed by atoms with Gasteiger partial charge in [0.15, 0.2) is 16.6 Å².